The van der Waals surface area contributed by atoms with Gasteiger partial charge >= 0.3 is 53.8 Å². The second-order valence-electron chi connectivity index (χ2n) is 18.0. The summed E-state index contributed by atoms with van der Waals surface area (Å²) in [5.41, 5.74) is 0.547. The lowest BCUT2D eigenvalue weighted by atomic mass is 9.97. The first-order chi connectivity index (χ1) is 37.5. The average molecular weight is 1130 g/mol. The minimum Gasteiger partial charge on any atom is -0.463 e. The topological polar surface area (TPSA) is 364 Å². The van der Waals surface area contributed by atoms with Crippen LogP contribution >= 0.6 is 11.3 Å². The Morgan fingerprint density at radius 2 is 1.19 bits per heavy atom. The van der Waals surface area contributed by atoms with Crippen LogP contribution in [0, 0.1) is 0 Å². The van der Waals surface area contributed by atoms with Gasteiger partial charge in [-0.2, -0.15) is 0 Å². The number of thiophene rings is 1. The smallest absolute Gasteiger partial charge is 0.410 e. The van der Waals surface area contributed by atoms with Gasteiger partial charge in [-0.3, -0.25) is 47.7 Å². The molecule has 3 aliphatic heterocycles. The summed E-state index contributed by atoms with van der Waals surface area (Å²) in [6.07, 6.45) is -12.1. The van der Waals surface area contributed by atoms with Crippen molar-refractivity contribution in [3.8, 4) is 0 Å². The average Bonchev–Trinajstić information content (AvgIpc) is 4.17. The largest absolute Gasteiger partial charge is 0.463 e. The van der Waals surface area contributed by atoms with Crippen molar-refractivity contribution in [2.45, 2.75) is 156 Å². The van der Waals surface area contributed by atoms with Crippen molar-refractivity contribution < 1.29 is 100.0 Å². The third-order valence-corrected chi connectivity index (χ3v) is 13.0. The number of hydrogen-bond donors (Lipinski definition) is 0. The number of carbonyl (C=O) groups is 9. The SMILES string of the molecule is CCOC(=O)N1CCc2c(sc3nc(Cc4cn(CO[C@@H]5O[C@H](COC(C)=O)[C@H](OC(C)=O)[C@H](OC(C)=O)[C@H]5OC(C)=O)nn4)n(Cc4cn([C@@H]5O[C@H](COC(C)=O)[C@H](OC(C)=O)[C@H](OC(C)=O)[C@H]5OC(C)=O)nn4)c(=O)c23)C1. The predicted octanol–water partition coefficient (Wildman–Crippen LogP) is 0.108. The van der Waals surface area contributed by atoms with Crippen LogP contribution in [0.1, 0.15) is 96.2 Å². The molecule has 7 rings (SSSR count). The van der Waals surface area contributed by atoms with Crippen molar-refractivity contribution >= 4 is 75.4 Å². The van der Waals surface area contributed by atoms with Gasteiger partial charge in [0, 0.05) is 66.8 Å². The molecular weight excluding hydrogens is 1070 g/mol. The van der Waals surface area contributed by atoms with Crippen LogP contribution in [-0.2, 0) is 128 Å². The minimum atomic E-state index is -1.55. The van der Waals surface area contributed by atoms with Gasteiger partial charge in [0.25, 0.3) is 5.56 Å². The first kappa shape index (κ1) is 58.7. The van der Waals surface area contributed by atoms with Gasteiger partial charge in [0.05, 0.1) is 49.6 Å². The molecule has 10 atom stereocenters. The Morgan fingerprint density at radius 3 is 1.77 bits per heavy atom. The first-order valence-electron chi connectivity index (χ1n) is 24.5. The summed E-state index contributed by atoms with van der Waals surface area (Å²) in [5, 5.41) is 17.3. The molecule has 2 saturated heterocycles. The third kappa shape index (κ3) is 14.6. The maximum atomic E-state index is 15.0. The van der Waals surface area contributed by atoms with Gasteiger partial charge in [-0.15, -0.1) is 21.5 Å². The fourth-order valence-corrected chi connectivity index (χ4v) is 10.2. The molecule has 3 aliphatic rings. The molecule has 4 aromatic heterocycles. The van der Waals surface area contributed by atoms with Crippen molar-refractivity contribution in [2.75, 3.05) is 26.4 Å². The van der Waals surface area contributed by atoms with E-state index in [9.17, 15) is 47.9 Å². The second-order valence-corrected chi connectivity index (χ2v) is 19.1. The monoisotopic (exact) mass is 1130 g/mol. The molecule has 0 aliphatic carbocycles. The van der Waals surface area contributed by atoms with Gasteiger partial charge in [-0.05, 0) is 18.9 Å². The van der Waals surface area contributed by atoms with Crippen LogP contribution in [0.15, 0.2) is 17.2 Å². The van der Waals surface area contributed by atoms with Crippen LogP contribution in [0.25, 0.3) is 10.2 Å². The summed E-state index contributed by atoms with van der Waals surface area (Å²) < 4.78 is 70.7. The number of fused-ring (bicyclic) bond motifs is 3. The van der Waals surface area contributed by atoms with Gasteiger partial charge in [-0.25, -0.2) is 19.1 Å². The second kappa shape index (κ2) is 25.7. The van der Waals surface area contributed by atoms with Crippen LogP contribution < -0.4 is 5.56 Å². The van der Waals surface area contributed by atoms with E-state index in [4.69, 9.17) is 61.8 Å². The van der Waals surface area contributed by atoms with E-state index in [1.54, 1.807) is 6.92 Å². The van der Waals surface area contributed by atoms with Crippen molar-refractivity contribution in [1.29, 1.82) is 0 Å². The first-order valence-corrected chi connectivity index (χ1v) is 25.3. The van der Waals surface area contributed by atoms with Crippen molar-refractivity contribution in [3.05, 3.63) is 50.4 Å². The number of esters is 8. The lowest BCUT2D eigenvalue weighted by molar-refractivity contribution is -0.315. The van der Waals surface area contributed by atoms with Gasteiger partial charge in [-0.1, -0.05) is 10.4 Å². The van der Waals surface area contributed by atoms with E-state index in [1.807, 2.05) is 0 Å². The maximum absolute atomic E-state index is 15.0. The summed E-state index contributed by atoms with van der Waals surface area (Å²) in [4.78, 5) is 133. The zero-order chi connectivity index (χ0) is 57.4. The van der Waals surface area contributed by atoms with Crippen LogP contribution in [0.2, 0.25) is 0 Å². The van der Waals surface area contributed by atoms with E-state index in [0.29, 0.717) is 27.1 Å². The Morgan fingerprint density at radius 1 is 0.646 bits per heavy atom. The minimum absolute atomic E-state index is 0.122. The Bertz CT molecular complexity index is 3030. The Kier molecular flexibility index (Phi) is 19.1. The van der Waals surface area contributed by atoms with Gasteiger partial charge in [0.2, 0.25) is 6.29 Å². The number of ether oxygens (including phenoxy) is 12. The highest BCUT2D eigenvalue weighted by atomic mass is 32.1. The standard InChI is InChI=1S/C47H57N9O22S/c1-10-67-47(66)53-12-11-31-34(17-53)79-43-36(31)44(65)55(15-30-16-56(52-50-30)45-41(75-27(8)63)39(73-25(6)61)37(71-23(4)59)32(77-45)18-68-21(2)57)35(48-43)13-29-14-54(51-49-29)20-70-46-42(76-28(9)64)40(74-26(7)62)38(72-24(5)60)33(78-46)19-69-22(3)58/h14,16,32-33,37-42,45-46H,10-13,15,17-20H2,1-9H3/t32-,33-,37+,38+,39+,40+,41-,42-,45-,46-/m1/s1. The normalized spacial score (nSPS) is 23.6. The lowest BCUT2D eigenvalue weighted by Crippen LogP contribution is -2.63. The van der Waals surface area contributed by atoms with Gasteiger partial charge in [0.15, 0.2) is 42.9 Å². The molecule has 0 spiro atoms. The van der Waals surface area contributed by atoms with Gasteiger partial charge in [0.1, 0.15) is 48.5 Å². The molecule has 0 unspecified atom stereocenters. The quantitative estimate of drug-likeness (QED) is 0.0888. The summed E-state index contributed by atoms with van der Waals surface area (Å²) in [5.74, 6) is -6.30. The van der Waals surface area contributed by atoms with E-state index in [1.165, 1.54) is 37.9 Å². The zero-order valence-corrected chi connectivity index (χ0v) is 45.0. The fraction of sp³-hybridized carbons (Fsp3) is 0.596. The Hall–Kier alpha value is -7.97. The molecule has 1 amide bonds. The van der Waals surface area contributed by atoms with Crippen molar-refractivity contribution in [1.82, 2.24) is 44.4 Å². The molecule has 0 bridgehead atoms. The lowest BCUT2D eigenvalue weighted by Gasteiger charge is -2.44. The molecule has 31 nitrogen and oxygen atoms in total. The maximum Gasteiger partial charge on any atom is 0.410 e. The van der Waals surface area contributed by atoms with E-state index < -0.39 is 141 Å². The van der Waals surface area contributed by atoms with Crippen molar-refractivity contribution in [2.24, 2.45) is 0 Å². The van der Waals surface area contributed by atoms with Crippen LogP contribution in [0.4, 0.5) is 4.79 Å². The van der Waals surface area contributed by atoms with E-state index >= 15 is 0 Å². The molecule has 7 heterocycles. The van der Waals surface area contributed by atoms with Crippen LogP contribution in [0.3, 0.4) is 0 Å². The van der Waals surface area contributed by atoms with E-state index in [0.717, 1.165) is 60.1 Å². The molecular formula is C47H57N9O22S. The molecule has 428 valence electrons. The summed E-state index contributed by atoms with van der Waals surface area (Å²) in [6.45, 7) is 9.27. The third-order valence-electron chi connectivity index (χ3n) is 11.9. The summed E-state index contributed by atoms with van der Waals surface area (Å²) in [7, 11) is 0. The molecule has 4 aromatic rings. The van der Waals surface area contributed by atoms with Gasteiger partial charge < -0.3 is 61.7 Å². The number of hydrogen-bond acceptors (Lipinski definition) is 28. The van der Waals surface area contributed by atoms with E-state index in [-0.39, 0.29) is 49.9 Å². The number of carbonyl (C=O) groups excluding carboxylic acids is 9. The number of amides is 1. The highest BCUT2D eigenvalue weighted by molar-refractivity contribution is 7.18. The molecule has 2 fully saturated rings. The molecule has 79 heavy (non-hydrogen) atoms. The van der Waals surface area contributed by atoms with Crippen molar-refractivity contribution in [3.63, 3.8) is 0 Å². The Balaban J connectivity index is 1.22. The summed E-state index contributed by atoms with van der Waals surface area (Å²) in [6, 6.07) is 0. The van der Waals surface area contributed by atoms with E-state index in [2.05, 4.69) is 20.6 Å². The highest BCUT2D eigenvalue weighted by Crippen LogP contribution is 2.36. The van der Waals surface area contributed by atoms with Crippen LogP contribution in [0.5, 0.6) is 0 Å². The molecule has 32 heteroatoms. The molecule has 0 saturated carbocycles. The highest BCUT2D eigenvalue weighted by Gasteiger charge is 2.54. The fourth-order valence-electron chi connectivity index (χ4n) is 8.99. The predicted molar refractivity (Wildman–Crippen MR) is 257 cm³/mol. The van der Waals surface area contributed by atoms with Crippen LogP contribution in [-0.4, -0.2) is 180 Å². The number of aromatic nitrogens is 8. The number of nitrogens with zero attached hydrogens (tertiary/aromatic N) is 9. The molecule has 0 aromatic carbocycles. The Labute approximate surface area is 451 Å². The molecule has 0 N–H and O–H groups in total. The zero-order valence-electron chi connectivity index (χ0n) is 44.2. The summed E-state index contributed by atoms with van der Waals surface area (Å²) >= 11 is 1.22. The number of rotatable bonds is 19. The molecule has 0 radical (unpaired) electrons.